The fourth-order valence-electron chi connectivity index (χ4n) is 2.98. The molecule has 4 rings (SSSR count). The molecular weight excluding hydrogens is 361 g/mol. The van der Waals surface area contributed by atoms with Gasteiger partial charge in [-0.2, -0.15) is 8.78 Å². The molecule has 1 aromatic carbocycles. The Bertz CT molecular complexity index is 1000. The summed E-state index contributed by atoms with van der Waals surface area (Å²) in [4.78, 5) is 18.6. The second-order valence-corrected chi connectivity index (χ2v) is 6.12. The van der Waals surface area contributed by atoms with E-state index in [4.69, 9.17) is 4.42 Å². The minimum atomic E-state index is -2.87. The maximum Gasteiger partial charge on any atom is 0.314 e. The topological polar surface area (TPSA) is 72.1 Å². The number of hydrogen-bond donors (Lipinski definition) is 0. The first-order chi connectivity index (χ1) is 12.9. The second kappa shape index (κ2) is 6.49. The van der Waals surface area contributed by atoms with Gasteiger partial charge < -0.3 is 9.32 Å². The van der Waals surface area contributed by atoms with Crippen LogP contribution in [0.1, 0.15) is 46.9 Å². The molecule has 1 aliphatic heterocycles. The first-order valence-corrected chi connectivity index (χ1v) is 8.11. The zero-order valence-corrected chi connectivity index (χ0v) is 14.1. The molecule has 9 heteroatoms. The maximum atomic E-state index is 13.1. The summed E-state index contributed by atoms with van der Waals surface area (Å²) in [5, 5.41) is 6.85. The van der Waals surface area contributed by atoms with Gasteiger partial charge in [-0.3, -0.25) is 9.78 Å². The molecule has 1 atom stereocenters. The largest absolute Gasteiger partial charge is 0.415 e. The fraction of sp³-hybridized carbons (Fsp3) is 0.222. The van der Waals surface area contributed by atoms with Gasteiger partial charge in [0, 0.05) is 6.20 Å². The average Bonchev–Trinajstić information content (AvgIpc) is 3.27. The Labute approximate surface area is 151 Å². The first-order valence-electron chi connectivity index (χ1n) is 8.11. The molecule has 2 aromatic heterocycles. The van der Waals surface area contributed by atoms with E-state index in [1.54, 1.807) is 17.0 Å². The van der Waals surface area contributed by atoms with Crippen molar-refractivity contribution in [3.05, 3.63) is 65.1 Å². The molecule has 6 nitrogen and oxygen atoms in total. The van der Waals surface area contributed by atoms with Crippen molar-refractivity contribution in [2.75, 3.05) is 0 Å². The van der Waals surface area contributed by atoms with E-state index < -0.39 is 12.3 Å². The number of amides is 1. The van der Waals surface area contributed by atoms with E-state index in [0.717, 1.165) is 5.56 Å². The van der Waals surface area contributed by atoms with Crippen molar-refractivity contribution in [3.63, 3.8) is 0 Å². The SMILES string of the molecule is C[C@@H](c1ccc(F)cc1)N1Cc2ncc(-c3nnc(C(F)F)o3)cc2C1=O. The number of nitrogens with zero attached hydrogens (tertiary/aromatic N) is 4. The van der Waals surface area contributed by atoms with Crippen LogP contribution >= 0.6 is 0 Å². The van der Waals surface area contributed by atoms with E-state index in [2.05, 4.69) is 15.2 Å². The molecule has 0 unspecified atom stereocenters. The number of carbonyl (C=O) groups is 1. The van der Waals surface area contributed by atoms with Gasteiger partial charge in [-0.1, -0.05) is 12.1 Å². The summed E-state index contributed by atoms with van der Waals surface area (Å²) in [6.07, 6.45) is -1.47. The van der Waals surface area contributed by atoms with Crippen molar-refractivity contribution >= 4 is 5.91 Å². The summed E-state index contributed by atoms with van der Waals surface area (Å²) in [6, 6.07) is 7.14. The first kappa shape index (κ1) is 17.2. The lowest BCUT2D eigenvalue weighted by Crippen LogP contribution is -2.27. The Hall–Kier alpha value is -3.23. The van der Waals surface area contributed by atoms with Crippen LogP contribution in [0.3, 0.4) is 0 Å². The Morgan fingerprint density at radius 2 is 1.93 bits per heavy atom. The number of hydrogen-bond acceptors (Lipinski definition) is 5. The van der Waals surface area contributed by atoms with Crippen molar-refractivity contribution in [3.8, 4) is 11.5 Å². The Morgan fingerprint density at radius 1 is 1.19 bits per heavy atom. The second-order valence-electron chi connectivity index (χ2n) is 6.12. The summed E-state index contributed by atoms with van der Waals surface area (Å²) in [5.74, 6) is -1.53. The van der Waals surface area contributed by atoms with Gasteiger partial charge in [0.2, 0.25) is 5.89 Å². The molecule has 0 saturated carbocycles. The highest BCUT2D eigenvalue weighted by Crippen LogP contribution is 2.32. The predicted octanol–water partition coefficient (Wildman–Crippen LogP) is 3.93. The van der Waals surface area contributed by atoms with Gasteiger partial charge in [0.05, 0.1) is 29.4 Å². The summed E-state index contributed by atoms with van der Waals surface area (Å²) < 4.78 is 43.2. The quantitative estimate of drug-likeness (QED) is 0.692. The van der Waals surface area contributed by atoms with Crippen LogP contribution in [-0.4, -0.2) is 26.0 Å². The van der Waals surface area contributed by atoms with Crippen molar-refractivity contribution in [1.82, 2.24) is 20.1 Å². The highest BCUT2D eigenvalue weighted by atomic mass is 19.3. The van der Waals surface area contributed by atoms with Gasteiger partial charge in [0.15, 0.2) is 0 Å². The predicted molar refractivity (Wildman–Crippen MR) is 87.2 cm³/mol. The number of fused-ring (bicyclic) bond motifs is 1. The van der Waals surface area contributed by atoms with Crippen molar-refractivity contribution < 1.29 is 22.4 Å². The number of halogens is 3. The van der Waals surface area contributed by atoms with Gasteiger partial charge in [0.25, 0.3) is 11.8 Å². The van der Waals surface area contributed by atoms with Crippen LogP contribution < -0.4 is 0 Å². The molecular formula is C18H13F3N4O2. The molecule has 0 bridgehead atoms. The normalized spacial score (nSPS) is 14.7. The highest BCUT2D eigenvalue weighted by Gasteiger charge is 2.33. The zero-order valence-electron chi connectivity index (χ0n) is 14.1. The standard InChI is InChI=1S/C18H13F3N4O2/c1-9(10-2-4-12(19)5-3-10)25-8-14-13(18(25)26)6-11(7-22-14)16-23-24-17(27-16)15(20)21/h2-7,9,15H,8H2,1H3/t9-/m0/s1. The average molecular weight is 374 g/mol. The zero-order chi connectivity index (χ0) is 19.1. The summed E-state index contributed by atoms with van der Waals surface area (Å²) >= 11 is 0. The molecule has 0 aliphatic carbocycles. The van der Waals surface area contributed by atoms with Gasteiger partial charge in [-0.05, 0) is 30.7 Å². The third-order valence-corrected chi connectivity index (χ3v) is 4.48. The monoisotopic (exact) mass is 374 g/mol. The highest BCUT2D eigenvalue weighted by molar-refractivity contribution is 5.98. The van der Waals surface area contributed by atoms with Crippen LogP contribution in [0.25, 0.3) is 11.5 Å². The van der Waals surface area contributed by atoms with E-state index in [0.29, 0.717) is 17.8 Å². The molecule has 27 heavy (non-hydrogen) atoms. The smallest absolute Gasteiger partial charge is 0.314 e. The molecule has 0 spiro atoms. The lowest BCUT2D eigenvalue weighted by atomic mass is 10.1. The molecule has 3 heterocycles. The molecule has 1 aliphatic rings. The lowest BCUT2D eigenvalue weighted by Gasteiger charge is -2.24. The summed E-state index contributed by atoms with van der Waals surface area (Å²) in [7, 11) is 0. The Kier molecular flexibility index (Phi) is 4.14. The van der Waals surface area contributed by atoms with E-state index in [-0.39, 0.29) is 29.2 Å². The van der Waals surface area contributed by atoms with E-state index in [1.165, 1.54) is 24.4 Å². The lowest BCUT2D eigenvalue weighted by molar-refractivity contribution is 0.0715. The fourth-order valence-corrected chi connectivity index (χ4v) is 2.98. The third-order valence-electron chi connectivity index (χ3n) is 4.48. The Balaban J connectivity index is 1.61. The van der Waals surface area contributed by atoms with E-state index >= 15 is 0 Å². The summed E-state index contributed by atoms with van der Waals surface area (Å²) in [5.41, 5.74) is 1.98. The molecule has 0 fully saturated rings. The number of alkyl halides is 2. The molecule has 1 amide bonds. The number of pyridine rings is 1. The third kappa shape index (κ3) is 3.05. The van der Waals surface area contributed by atoms with Crippen molar-refractivity contribution in [1.29, 1.82) is 0 Å². The molecule has 3 aromatic rings. The number of benzene rings is 1. The minimum Gasteiger partial charge on any atom is -0.415 e. The van der Waals surface area contributed by atoms with Crippen LogP contribution in [0.4, 0.5) is 13.2 Å². The molecule has 138 valence electrons. The molecule has 0 N–H and O–H groups in total. The van der Waals surface area contributed by atoms with Crippen LogP contribution in [0.2, 0.25) is 0 Å². The van der Waals surface area contributed by atoms with Gasteiger partial charge in [-0.15, -0.1) is 10.2 Å². The molecule has 0 saturated heterocycles. The van der Waals surface area contributed by atoms with Gasteiger partial charge in [0.1, 0.15) is 5.82 Å². The van der Waals surface area contributed by atoms with E-state index in [1.807, 2.05) is 6.92 Å². The summed E-state index contributed by atoms with van der Waals surface area (Å²) in [6.45, 7) is 2.13. The van der Waals surface area contributed by atoms with Crippen molar-refractivity contribution in [2.24, 2.45) is 0 Å². The number of carbonyl (C=O) groups excluding carboxylic acids is 1. The minimum absolute atomic E-state index is 0.126. The van der Waals surface area contributed by atoms with Crippen LogP contribution in [0.5, 0.6) is 0 Å². The van der Waals surface area contributed by atoms with Crippen LogP contribution in [0.15, 0.2) is 40.9 Å². The van der Waals surface area contributed by atoms with E-state index in [9.17, 15) is 18.0 Å². The van der Waals surface area contributed by atoms with Gasteiger partial charge >= 0.3 is 6.43 Å². The Morgan fingerprint density at radius 3 is 2.59 bits per heavy atom. The van der Waals surface area contributed by atoms with Gasteiger partial charge in [-0.25, -0.2) is 4.39 Å². The molecule has 0 radical (unpaired) electrons. The number of aromatic nitrogens is 3. The van der Waals surface area contributed by atoms with Crippen molar-refractivity contribution in [2.45, 2.75) is 25.9 Å². The maximum absolute atomic E-state index is 13.1. The van der Waals surface area contributed by atoms with Crippen LogP contribution in [-0.2, 0) is 6.54 Å². The number of rotatable bonds is 4. The van der Waals surface area contributed by atoms with Crippen LogP contribution in [0, 0.1) is 5.82 Å².